The van der Waals surface area contributed by atoms with Gasteiger partial charge >= 0.3 is 0 Å². The van der Waals surface area contributed by atoms with Crippen molar-refractivity contribution in [3.8, 4) is 0 Å². The van der Waals surface area contributed by atoms with Gasteiger partial charge in [-0.1, -0.05) is 32.3 Å². The SMILES string of the molecule is CCC1CCCC(NCCc2nnc3ccccn23)CC1. The molecule has 2 atom stereocenters. The summed E-state index contributed by atoms with van der Waals surface area (Å²) in [5, 5.41) is 12.2. The highest BCUT2D eigenvalue weighted by Gasteiger charge is 2.17. The summed E-state index contributed by atoms with van der Waals surface area (Å²) in [5.74, 6) is 2.01. The van der Waals surface area contributed by atoms with Gasteiger partial charge in [-0.3, -0.25) is 4.40 Å². The van der Waals surface area contributed by atoms with Gasteiger partial charge in [0.1, 0.15) is 5.82 Å². The molecular weight excluding hydrogens is 260 g/mol. The predicted molar refractivity (Wildman–Crippen MR) is 85.3 cm³/mol. The number of hydrogen-bond acceptors (Lipinski definition) is 3. The monoisotopic (exact) mass is 286 g/mol. The third kappa shape index (κ3) is 3.62. The lowest BCUT2D eigenvalue weighted by atomic mass is 9.98. The molecular formula is C17H26N4. The zero-order valence-electron chi connectivity index (χ0n) is 13.0. The lowest BCUT2D eigenvalue weighted by Crippen LogP contribution is -2.30. The normalized spacial score (nSPS) is 23.3. The summed E-state index contributed by atoms with van der Waals surface area (Å²) in [7, 11) is 0. The van der Waals surface area contributed by atoms with E-state index in [2.05, 4.69) is 26.8 Å². The zero-order chi connectivity index (χ0) is 14.5. The average molecular weight is 286 g/mol. The minimum atomic E-state index is 0.695. The first-order valence-electron chi connectivity index (χ1n) is 8.39. The van der Waals surface area contributed by atoms with Gasteiger partial charge in [0, 0.05) is 25.2 Å². The first-order valence-corrected chi connectivity index (χ1v) is 8.39. The smallest absolute Gasteiger partial charge is 0.160 e. The van der Waals surface area contributed by atoms with E-state index in [9.17, 15) is 0 Å². The second-order valence-corrected chi connectivity index (χ2v) is 6.23. The molecule has 1 N–H and O–H groups in total. The van der Waals surface area contributed by atoms with Crippen molar-refractivity contribution in [3.63, 3.8) is 0 Å². The molecule has 1 fully saturated rings. The molecule has 4 heteroatoms. The third-order valence-electron chi connectivity index (χ3n) is 4.83. The summed E-state index contributed by atoms with van der Waals surface area (Å²) in [6, 6.07) is 6.73. The minimum absolute atomic E-state index is 0.695. The van der Waals surface area contributed by atoms with E-state index in [1.165, 1.54) is 38.5 Å². The molecule has 1 saturated carbocycles. The van der Waals surface area contributed by atoms with Crippen LogP contribution in [0.3, 0.4) is 0 Å². The molecule has 0 aromatic carbocycles. The maximum atomic E-state index is 4.29. The Morgan fingerprint density at radius 3 is 3.05 bits per heavy atom. The van der Waals surface area contributed by atoms with Crippen molar-refractivity contribution in [1.29, 1.82) is 0 Å². The Hall–Kier alpha value is -1.42. The quantitative estimate of drug-likeness (QED) is 0.858. The topological polar surface area (TPSA) is 42.2 Å². The summed E-state index contributed by atoms with van der Waals surface area (Å²) >= 11 is 0. The second kappa shape index (κ2) is 7.03. The number of pyridine rings is 1. The highest BCUT2D eigenvalue weighted by Crippen LogP contribution is 2.25. The van der Waals surface area contributed by atoms with E-state index in [4.69, 9.17) is 0 Å². The molecule has 2 aromatic heterocycles. The van der Waals surface area contributed by atoms with Crippen LogP contribution >= 0.6 is 0 Å². The van der Waals surface area contributed by atoms with Crippen molar-refractivity contribution in [1.82, 2.24) is 19.9 Å². The number of nitrogens with one attached hydrogen (secondary N) is 1. The highest BCUT2D eigenvalue weighted by molar-refractivity contribution is 5.36. The molecule has 0 spiro atoms. The van der Waals surface area contributed by atoms with Crippen LogP contribution in [-0.2, 0) is 6.42 Å². The van der Waals surface area contributed by atoms with Gasteiger partial charge in [-0.2, -0.15) is 0 Å². The van der Waals surface area contributed by atoms with E-state index in [0.29, 0.717) is 6.04 Å². The van der Waals surface area contributed by atoms with Crippen LogP contribution in [0.1, 0.15) is 51.3 Å². The fraction of sp³-hybridized carbons (Fsp3) is 0.647. The summed E-state index contributed by atoms with van der Waals surface area (Å²) in [6.07, 6.45) is 11.2. The predicted octanol–water partition coefficient (Wildman–Crippen LogP) is 3.22. The van der Waals surface area contributed by atoms with Crippen LogP contribution in [0.5, 0.6) is 0 Å². The molecule has 0 radical (unpaired) electrons. The number of hydrogen-bond donors (Lipinski definition) is 1. The molecule has 2 unspecified atom stereocenters. The van der Waals surface area contributed by atoms with E-state index >= 15 is 0 Å². The van der Waals surface area contributed by atoms with E-state index in [-0.39, 0.29) is 0 Å². The molecule has 0 bridgehead atoms. The van der Waals surface area contributed by atoms with Gasteiger partial charge in [-0.25, -0.2) is 0 Å². The molecule has 2 aromatic rings. The third-order valence-corrected chi connectivity index (χ3v) is 4.83. The van der Waals surface area contributed by atoms with Crippen molar-refractivity contribution in [3.05, 3.63) is 30.2 Å². The molecule has 0 amide bonds. The van der Waals surface area contributed by atoms with E-state index in [1.807, 2.05) is 24.4 Å². The Morgan fingerprint density at radius 2 is 2.14 bits per heavy atom. The van der Waals surface area contributed by atoms with Gasteiger partial charge in [0.25, 0.3) is 0 Å². The maximum Gasteiger partial charge on any atom is 0.160 e. The van der Waals surface area contributed by atoms with E-state index in [0.717, 1.165) is 30.4 Å². The fourth-order valence-electron chi connectivity index (χ4n) is 3.44. The molecule has 1 aliphatic rings. The van der Waals surface area contributed by atoms with Crippen molar-refractivity contribution in [2.45, 2.75) is 57.9 Å². The Kier molecular flexibility index (Phi) is 4.86. The largest absolute Gasteiger partial charge is 0.314 e. The molecule has 0 aliphatic heterocycles. The molecule has 1 aliphatic carbocycles. The Labute approximate surface area is 127 Å². The molecule has 114 valence electrons. The summed E-state index contributed by atoms with van der Waals surface area (Å²) in [6.45, 7) is 3.33. The summed E-state index contributed by atoms with van der Waals surface area (Å²) < 4.78 is 2.09. The van der Waals surface area contributed by atoms with Crippen LogP contribution in [0.25, 0.3) is 5.65 Å². The summed E-state index contributed by atoms with van der Waals surface area (Å²) in [5.41, 5.74) is 0.938. The molecule has 0 saturated heterocycles. The van der Waals surface area contributed by atoms with E-state index in [1.54, 1.807) is 0 Å². The summed E-state index contributed by atoms with van der Waals surface area (Å²) in [4.78, 5) is 0. The number of nitrogens with zero attached hydrogens (tertiary/aromatic N) is 3. The van der Waals surface area contributed by atoms with Crippen LogP contribution < -0.4 is 5.32 Å². The van der Waals surface area contributed by atoms with Gasteiger partial charge in [0.2, 0.25) is 0 Å². The van der Waals surface area contributed by atoms with Crippen LogP contribution in [0.2, 0.25) is 0 Å². The molecule has 2 heterocycles. The number of aromatic nitrogens is 3. The minimum Gasteiger partial charge on any atom is -0.314 e. The lowest BCUT2D eigenvalue weighted by Gasteiger charge is -2.16. The van der Waals surface area contributed by atoms with E-state index < -0.39 is 0 Å². The van der Waals surface area contributed by atoms with Crippen LogP contribution in [-0.4, -0.2) is 27.2 Å². The van der Waals surface area contributed by atoms with Crippen LogP contribution in [0.4, 0.5) is 0 Å². The average Bonchev–Trinajstić information content (AvgIpc) is 2.78. The number of rotatable bonds is 5. The molecule has 4 nitrogen and oxygen atoms in total. The van der Waals surface area contributed by atoms with Gasteiger partial charge in [0.15, 0.2) is 5.65 Å². The fourth-order valence-corrected chi connectivity index (χ4v) is 3.44. The number of fused-ring (bicyclic) bond motifs is 1. The zero-order valence-corrected chi connectivity index (χ0v) is 13.0. The standard InChI is InChI=1S/C17H26N4/c1-2-14-6-5-7-15(10-9-14)18-12-11-17-20-19-16-8-3-4-13-21(16)17/h3-4,8,13-15,18H,2,5-7,9-12H2,1H3. The Morgan fingerprint density at radius 1 is 1.19 bits per heavy atom. The first kappa shape index (κ1) is 14.5. The Bertz CT molecular complexity index is 563. The Balaban J connectivity index is 1.49. The molecule has 21 heavy (non-hydrogen) atoms. The van der Waals surface area contributed by atoms with Gasteiger partial charge in [-0.05, 0) is 37.3 Å². The van der Waals surface area contributed by atoms with Crippen molar-refractivity contribution >= 4 is 5.65 Å². The van der Waals surface area contributed by atoms with Gasteiger partial charge < -0.3 is 5.32 Å². The van der Waals surface area contributed by atoms with Gasteiger partial charge in [-0.15, -0.1) is 10.2 Å². The maximum absolute atomic E-state index is 4.29. The second-order valence-electron chi connectivity index (χ2n) is 6.23. The van der Waals surface area contributed by atoms with Crippen molar-refractivity contribution in [2.75, 3.05) is 6.54 Å². The van der Waals surface area contributed by atoms with Crippen LogP contribution in [0.15, 0.2) is 24.4 Å². The lowest BCUT2D eigenvalue weighted by molar-refractivity contribution is 0.426. The highest BCUT2D eigenvalue weighted by atomic mass is 15.2. The van der Waals surface area contributed by atoms with Crippen LogP contribution in [0, 0.1) is 5.92 Å². The van der Waals surface area contributed by atoms with Crippen molar-refractivity contribution in [2.24, 2.45) is 5.92 Å². The molecule has 3 rings (SSSR count). The first-order chi connectivity index (χ1) is 10.4. The van der Waals surface area contributed by atoms with Gasteiger partial charge in [0.05, 0.1) is 0 Å². The van der Waals surface area contributed by atoms with Crippen molar-refractivity contribution < 1.29 is 0 Å².